The minimum Gasteiger partial charge on any atom is -0.328 e. The number of thioether (sulfide) groups is 1. The smallest absolute Gasteiger partial charge is 0.328 e. The van der Waals surface area contributed by atoms with E-state index < -0.39 is 0 Å². The van der Waals surface area contributed by atoms with Gasteiger partial charge in [-0.2, -0.15) is 11.8 Å². The topological polar surface area (TPSA) is 61.8 Å². The molecule has 3 rings (SSSR count). The predicted molar refractivity (Wildman–Crippen MR) is 102 cm³/mol. The van der Waals surface area contributed by atoms with E-state index in [1.807, 2.05) is 30.0 Å². The fourth-order valence-corrected chi connectivity index (χ4v) is 3.90. The van der Waals surface area contributed by atoms with E-state index in [4.69, 9.17) is 0 Å². The van der Waals surface area contributed by atoms with Crippen molar-refractivity contribution in [3.05, 3.63) is 63.1 Å². The molecule has 0 spiro atoms. The van der Waals surface area contributed by atoms with Gasteiger partial charge in [-0.1, -0.05) is 30.3 Å². The second-order valence-electron chi connectivity index (χ2n) is 6.10. The quantitative estimate of drug-likeness (QED) is 0.635. The minimum atomic E-state index is -0.308. The lowest BCUT2D eigenvalue weighted by molar-refractivity contribution is 0.594. The molecule has 1 atom stereocenters. The average Bonchev–Trinajstić information content (AvgIpc) is 3.01. The van der Waals surface area contributed by atoms with Gasteiger partial charge in [0, 0.05) is 25.9 Å². The summed E-state index contributed by atoms with van der Waals surface area (Å²) < 4.78 is 4.42. The Hall–Kier alpha value is -2.28. The number of aromatic nitrogens is 4. The van der Waals surface area contributed by atoms with Crippen molar-refractivity contribution in [1.29, 1.82) is 0 Å². The van der Waals surface area contributed by atoms with Crippen LogP contribution in [0.2, 0.25) is 0 Å². The van der Waals surface area contributed by atoms with Crippen LogP contribution in [0.1, 0.15) is 24.2 Å². The number of rotatable bonds is 6. The van der Waals surface area contributed by atoms with Crippen molar-refractivity contribution in [2.45, 2.75) is 25.1 Å². The summed E-state index contributed by atoms with van der Waals surface area (Å²) in [5.41, 5.74) is 1.61. The number of imidazole rings is 1. The van der Waals surface area contributed by atoms with Crippen molar-refractivity contribution in [2.75, 3.05) is 5.75 Å². The SMILES string of the molecule is CC(SCCCn1c(=O)c2c(ncn2C)n(C)c1=O)c1ccccc1. The molecule has 0 amide bonds. The number of hydrogen-bond acceptors (Lipinski definition) is 4. The fourth-order valence-electron chi connectivity index (χ4n) is 2.90. The van der Waals surface area contributed by atoms with Gasteiger partial charge in [0.25, 0.3) is 5.56 Å². The second-order valence-corrected chi connectivity index (χ2v) is 7.55. The van der Waals surface area contributed by atoms with Crippen LogP contribution in [0.25, 0.3) is 11.2 Å². The summed E-state index contributed by atoms with van der Waals surface area (Å²) in [4.78, 5) is 29.2. The van der Waals surface area contributed by atoms with Crippen LogP contribution < -0.4 is 11.2 Å². The third kappa shape index (κ3) is 3.42. The van der Waals surface area contributed by atoms with Gasteiger partial charge in [0.15, 0.2) is 11.2 Å². The van der Waals surface area contributed by atoms with Crippen LogP contribution in [0.5, 0.6) is 0 Å². The maximum absolute atomic E-state index is 12.6. The first-order valence-corrected chi connectivity index (χ1v) is 9.33. The van der Waals surface area contributed by atoms with Gasteiger partial charge in [-0.3, -0.25) is 13.9 Å². The van der Waals surface area contributed by atoms with Gasteiger partial charge in [0.2, 0.25) is 0 Å². The van der Waals surface area contributed by atoms with Gasteiger partial charge in [0.05, 0.1) is 6.33 Å². The number of aryl methyl sites for hydroxylation is 2. The van der Waals surface area contributed by atoms with E-state index in [1.165, 1.54) is 14.7 Å². The largest absolute Gasteiger partial charge is 0.332 e. The zero-order valence-electron chi connectivity index (χ0n) is 14.7. The third-order valence-corrected chi connectivity index (χ3v) is 5.66. The third-order valence-electron chi connectivity index (χ3n) is 4.36. The molecule has 0 aliphatic carbocycles. The molecule has 1 aromatic carbocycles. The summed E-state index contributed by atoms with van der Waals surface area (Å²) in [5, 5.41) is 0.389. The van der Waals surface area contributed by atoms with Crippen LogP contribution in [0.3, 0.4) is 0 Å². The summed E-state index contributed by atoms with van der Waals surface area (Å²) in [6.07, 6.45) is 2.33. The van der Waals surface area contributed by atoms with Crippen molar-refractivity contribution in [2.24, 2.45) is 14.1 Å². The molecular weight excluding hydrogens is 336 g/mol. The van der Waals surface area contributed by atoms with E-state index in [-0.39, 0.29) is 11.2 Å². The van der Waals surface area contributed by atoms with Gasteiger partial charge in [0.1, 0.15) is 0 Å². The summed E-state index contributed by atoms with van der Waals surface area (Å²) in [5.74, 6) is 0.884. The van der Waals surface area contributed by atoms with Gasteiger partial charge in [-0.15, -0.1) is 0 Å². The molecule has 6 nitrogen and oxygen atoms in total. The van der Waals surface area contributed by atoms with Crippen LogP contribution in [-0.4, -0.2) is 24.4 Å². The molecule has 0 saturated heterocycles. The maximum atomic E-state index is 12.6. The van der Waals surface area contributed by atoms with Crippen LogP contribution >= 0.6 is 11.8 Å². The molecule has 7 heteroatoms. The lowest BCUT2D eigenvalue weighted by Crippen LogP contribution is -2.39. The molecule has 1 unspecified atom stereocenters. The molecule has 0 fully saturated rings. The Morgan fingerprint density at radius 2 is 1.88 bits per heavy atom. The van der Waals surface area contributed by atoms with Crippen molar-refractivity contribution in [1.82, 2.24) is 18.7 Å². The number of fused-ring (bicyclic) bond motifs is 1. The highest BCUT2D eigenvalue weighted by atomic mass is 32.2. The summed E-state index contributed by atoms with van der Waals surface area (Å²) >= 11 is 1.83. The Morgan fingerprint density at radius 1 is 1.16 bits per heavy atom. The Labute approximate surface area is 150 Å². The van der Waals surface area contributed by atoms with Crippen LogP contribution in [-0.2, 0) is 20.6 Å². The monoisotopic (exact) mass is 358 g/mol. The Balaban J connectivity index is 1.71. The molecular formula is C18H22N4O2S. The van der Waals surface area contributed by atoms with Crippen molar-refractivity contribution < 1.29 is 0 Å². The number of nitrogens with zero attached hydrogens (tertiary/aromatic N) is 4. The Kier molecular flexibility index (Phi) is 5.13. The zero-order chi connectivity index (χ0) is 18.0. The summed E-state index contributed by atoms with van der Waals surface area (Å²) in [6, 6.07) is 10.3. The minimum absolute atomic E-state index is 0.265. The molecule has 25 heavy (non-hydrogen) atoms. The molecule has 0 saturated carbocycles. The molecule has 0 radical (unpaired) electrons. The van der Waals surface area contributed by atoms with E-state index in [0.717, 1.165) is 12.2 Å². The van der Waals surface area contributed by atoms with Gasteiger partial charge >= 0.3 is 5.69 Å². The van der Waals surface area contributed by atoms with E-state index in [1.54, 1.807) is 25.0 Å². The summed E-state index contributed by atoms with van der Waals surface area (Å²) in [6.45, 7) is 2.59. The standard InChI is InChI=1S/C18H22N4O2S/c1-13(14-8-5-4-6-9-14)25-11-7-10-22-17(23)15-16(19-12-20(15)2)21(3)18(22)24/h4-6,8-9,12-13H,7,10-11H2,1-3H3. The molecule has 0 aliphatic heterocycles. The van der Waals surface area contributed by atoms with Crippen molar-refractivity contribution >= 4 is 22.9 Å². The molecule has 3 aromatic rings. The Bertz CT molecular complexity index is 988. The van der Waals surface area contributed by atoms with Crippen molar-refractivity contribution in [3.8, 4) is 0 Å². The summed E-state index contributed by atoms with van der Waals surface area (Å²) in [7, 11) is 3.42. The molecule has 132 valence electrons. The first-order valence-electron chi connectivity index (χ1n) is 8.28. The molecule has 0 N–H and O–H groups in total. The predicted octanol–water partition coefficient (Wildman–Crippen LogP) is 2.32. The highest BCUT2D eigenvalue weighted by Crippen LogP contribution is 2.28. The van der Waals surface area contributed by atoms with Crippen LogP contribution in [0.4, 0.5) is 0 Å². The molecule has 0 aliphatic rings. The lowest BCUT2D eigenvalue weighted by atomic mass is 10.2. The fraction of sp³-hybridized carbons (Fsp3) is 0.389. The Morgan fingerprint density at radius 3 is 2.60 bits per heavy atom. The van der Waals surface area contributed by atoms with Gasteiger partial charge in [-0.25, -0.2) is 9.78 Å². The highest BCUT2D eigenvalue weighted by Gasteiger charge is 2.14. The van der Waals surface area contributed by atoms with E-state index >= 15 is 0 Å². The first kappa shape index (κ1) is 17.5. The van der Waals surface area contributed by atoms with E-state index in [9.17, 15) is 9.59 Å². The molecule has 0 bridgehead atoms. The second kappa shape index (κ2) is 7.31. The van der Waals surface area contributed by atoms with Crippen LogP contribution in [0, 0.1) is 0 Å². The lowest BCUT2D eigenvalue weighted by Gasteiger charge is -2.12. The maximum Gasteiger partial charge on any atom is 0.332 e. The zero-order valence-corrected chi connectivity index (χ0v) is 15.5. The van der Waals surface area contributed by atoms with Crippen molar-refractivity contribution in [3.63, 3.8) is 0 Å². The average molecular weight is 358 g/mol. The van der Waals surface area contributed by atoms with E-state index in [2.05, 4.69) is 24.0 Å². The van der Waals surface area contributed by atoms with E-state index in [0.29, 0.717) is 23.0 Å². The normalized spacial score (nSPS) is 12.6. The highest BCUT2D eigenvalue weighted by molar-refractivity contribution is 7.99. The molecule has 2 aromatic heterocycles. The van der Waals surface area contributed by atoms with Gasteiger partial charge in [-0.05, 0) is 24.7 Å². The number of hydrogen-bond donors (Lipinski definition) is 0. The molecule has 2 heterocycles. The van der Waals surface area contributed by atoms with Crippen LogP contribution in [0.15, 0.2) is 46.2 Å². The van der Waals surface area contributed by atoms with Gasteiger partial charge < -0.3 is 4.57 Å². The first-order chi connectivity index (χ1) is 12.0. The number of benzene rings is 1.